The molecule has 0 aliphatic rings. The van der Waals surface area contributed by atoms with Gasteiger partial charge in [0.1, 0.15) is 5.75 Å². The Bertz CT molecular complexity index is 475. The molecule has 0 spiro atoms. The van der Waals surface area contributed by atoms with Crippen LogP contribution in [-0.2, 0) is 14.3 Å². The lowest BCUT2D eigenvalue weighted by atomic mass is 10.2. The molecular formula is C15H21NO5. The number of esters is 1. The molecule has 1 N–H and O–H groups in total. The number of methoxy groups -OCH3 is 1. The highest BCUT2D eigenvalue weighted by Crippen LogP contribution is 2.15. The van der Waals surface area contributed by atoms with E-state index in [1.54, 1.807) is 45.2 Å². The van der Waals surface area contributed by atoms with Crippen molar-refractivity contribution in [3.8, 4) is 5.75 Å². The smallest absolute Gasteiger partial charge is 0.338 e. The van der Waals surface area contributed by atoms with Crippen LogP contribution in [0.3, 0.4) is 0 Å². The third-order valence-corrected chi connectivity index (χ3v) is 2.63. The summed E-state index contributed by atoms with van der Waals surface area (Å²) in [6.07, 6.45) is -0.667. The molecule has 0 aliphatic heterocycles. The van der Waals surface area contributed by atoms with Crippen molar-refractivity contribution in [3.63, 3.8) is 0 Å². The Labute approximate surface area is 124 Å². The topological polar surface area (TPSA) is 73.9 Å². The molecule has 0 unspecified atom stereocenters. The van der Waals surface area contributed by atoms with E-state index in [9.17, 15) is 9.59 Å². The molecule has 0 bridgehead atoms. The second-order valence-corrected chi connectivity index (χ2v) is 4.29. The molecule has 1 aromatic rings. The van der Waals surface area contributed by atoms with Gasteiger partial charge in [0.15, 0.2) is 6.10 Å². The third kappa shape index (κ3) is 5.83. The van der Waals surface area contributed by atoms with Crippen molar-refractivity contribution in [1.29, 1.82) is 0 Å². The van der Waals surface area contributed by atoms with Crippen molar-refractivity contribution >= 4 is 11.9 Å². The maximum atomic E-state index is 11.8. The van der Waals surface area contributed by atoms with E-state index < -0.39 is 12.1 Å². The molecule has 6 heteroatoms. The minimum absolute atomic E-state index is 0.242. The molecule has 0 radical (unpaired) electrons. The minimum atomic E-state index is -0.667. The Morgan fingerprint density at radius 2 is 2.10 bits per heavy atom. The molecule has 0 heterocycles. The molecule has 116 valence electrons. The number of hydrogen-bond acceptors (Lipinski definition) is 5. The monoisotopic (exact) mass is 295 g/mol. The van der Waals surface area contributed by atoms with E-state index in [4.69, 9.17) is 14.2 Å². The Balaban J connectivity index is 2.59. The normalized spacial score (nSPS) is 11.6. The number of amides is 1. The molecule has 6 nitrogen and oxygen atoms in total. The fourth-order valence-corrected chi connectivity index (χ4v) is 1.59. The number of hydrogen-bond donors (Lipinski definition) is 1. The van der Waals surface area contributed by atoms with E-state index in [1.807, 2.05) is 0 Å². The predicted octanol–water partition coefficient (Wildman–Crippen LogP) is 1.39. The van der Waals surface area contributed by atoms with Crippen LogP contribution in [0.25, 0.3) is 0 Å². The molecular weight excluding hydrogens is 274 g/mol. The van der Waals surface area contributed by atoms with E-state index in [0.29, 0.717) is 31.1 Å². The van der Waals surface area contributed by atoms with Crippen LogP contribution in [0.15, 0.2) is 24.3 Å². The minimum Gasteiger partial charge on any atom is -0.481 e. The fraction of sp³-hybridized carbons (Fsp3) is 0.467. The van der Waals surface area contributed by atoms with Crippen molar-refractivity contribution in [2.24, 2.45) is 0 Å². The van der Waals surface area contributed by atoms with Gasteiger partial charge >= 0.3 is 5.97 Å². The van der Waals surface area contributed by atoms with Gasteiger partial charge in [0.05, 0.1) is 18.8 Å². The van der Waals surface area contributed by atoms with Crippen molar-refractivity contribution in [1.82, 2.24) is 5.32 Å². The van der Waals surface area contributed by atoms with Crippen LogP contribution in [-0.4, -0.2) is 44.8 Å². The third-order valence-electron chi connectivity index (χ3n) is 2.63. The zero-order valence-electron chi connectivity index (χ0n) is 12.5. The van der Waals surface area contributed by atoms with Crippen molar-refractivity contribution < 1.29 is 23.8 Å². The van der Waals surface area contributed by atoms with Crippen molar-refractivity contribution in [2.45, 2.75) is 20.0 Å². The number of carbonyl (C=O) groups is 2. The molecule has 1 rings (SSSR count). The van der Waals surface area contributed by atoms with Gasteiger partial charge in [0.2, 0.25) is 0 Å². The lowest BCUT2D eigenvalue weighted by Gasteiger charge is -2.15. The van der Waals surface area contributed by atoms with E-state index in [0.717, 1.165) is 0 Å². The van der Waals surface area contributed by atoms with Gasteiger partial charge in [0, 0.05) is 13.7 Å². The Morgan fingerprint density at radius 3 is 2.76 bits per heavy atom. The van der Waals surface area contributed by atoms with Gasteiger partial charge in [-0.05, 0) is 32.0 Å². The largest absolute Gasteiger partial charge is 0.481 e. The van der Waals surface area contributed by atoms with E-state index >= 15 is 0 Å². The number of nitrogens with one attached hydrogen (secondary N) is 1. The molecule has 1 amide bonds. The van der Waals surface area contributed by atoms with Crippen LogP contribution < -0.4 is 10.1 Å². The number of rotatable bonds is 8. The van der Waals surface area contributed by atoms with E-state index in [2.05, 4.69) is 5.32 Å². The van der Waals surface area contributed by atoms with Crippen LogP contribution in [0.4, 0.5) is 0 Å². The highest BCUT2D eigenvalue weighted by molar-refractivity contribution is 5.89. The van der Waals surface area contributed by atoms with Gasteiger partial charge in [-0.25, -0.2) is 4.79 Å². The summed E-state index contributed by atoms with van der Waals surface area (Å²) < 4.78 is 15.3. The molecule has 0 fully saturated rings. The Morgan fingerprint density at radius 1 is 1.33 bits per heavy atom. The van der Waals surface area contributed by atoms with Crippen LogP contribution >= 0.6 is 0 Å². The maximum absolute atomic E-state index is 11.8. The quantitative estimate of drug-likeness (QED) is 0.579. The Kier molecular flexibility index (Phi) is 7.25. The van der Waals surface area contributed by atoms with Gasteiger partial charge in [-0.15, -0.1) is 0 Å². The first-order chi connectivity index (χ1) is 10.1. The van der Waals surface area contributed by atoms with E-state index in [-0.39, 0.29) is 5.91 Å². The van der Waals surface area contributed by atoms with Gasteiger partial charge in [-0.1, -0.05) is 6.07 Å². The molecule has 21 heavy (non-hydrogen) atoms. The summed E-state index contributed by atoms with van der Waals surface area (Å²) in [5.41, 5.74) is 0.390. The summed E-state index contributed by atoms with van der Waals surface area (Å²) in [5.74, 6) is -0.219. The summed E-state index contributed by atoms with van der Waals surface area (Å²) >= 11 is 0. The SMILES string of the molecule is CCOC(=O)c1cccc(O[C@@H](C)C(=O)NCCOC)c1. The summed E-state index contributed by atoms with van der Waals surface area (Å²) in [6.45, 7) is 4.55. The standard InChI is InChI=1S/C15H21NO5/c1-4-20-15(18)12-6-5-7-13(10-12)21-11(2)14(17)16-8-9-19-3/h5-7,10-11H,4,8-9H2,1-3H3,(H,16,17)/t11-/m0/s1. The molecule has 0 saturated heterocycles. The summed E-state index contributed by atoms with van der Waals surface area (Å²) in [6, 6.07) is 6.55. The molecule has 1 aromatic carbocycles. The second-order valence-electron chi connectivity index (χ2n) is 4.29. The average Bonchev–Trinajstić information content (AvgIpc) is 2.48. The van der Waals surface area contributed by atoms with Crippen LogP contribution in [0.5, 0.6) is 5.75 Å². The first kappa shape index (κ1) is 17.0. The fourth-order valence-electron chi connectivity index (χ4n) is 1.59. The zero-order chi connectivity index (χ0) is 15.7. The molecule has 1 atom stereocenters. The number of benzene rings is 1. The van der Waals surface area contributed by atoms with Gasteiger partial charge in [0.25, 0.3) is 5.91 Å². The van der Waals surface area contributed by atoms with Crippen LogP contribution in [0, 0.1) is 0 Å². The number of ether oxygens (including phenoxy) is 3. The van der Waals surface area contributed by atoms with Crippen LogP contribution in [0.2, 0.25) is 0 Å². The predicted molar refractivity (Wildman–Crippen MR) is 77.4 cm³/mol. The molecule has 0 aromatic heterocycles. The molecule has 0 aliphatic carbocycles. The first-order valence-electron chi connectivity index (χ1n) is 6.79. The lowest BCUT2D eigenvalue weighted by molar-refractivity contribution is -0.127. The average molecular weight is 295 g/mol. The number of carbonyl (C=O) groups excluding carboxylic acids is 2. The van der Waals surface area contributed by atoms with Crippen molar-refractivity contribution in [3.05, 3.63) is 29.8 Å². The van der Waals surface area contributed by atoms with E-state index in [1.165, 1.54) is 0 Å². The lowest BCUT2D eigenvalue weighted by Crippen LogP contribution is -2.37. The maximum Gasteiger partial charge on any atom is 0.338 e. The first-order valence-corrected chi connectivity index (χ1v) is 6.79. The zero-order valence-corrected chi connectivity index (χ0v) is 12.5. The van der Waals surface area contributed by atoms with Gasteiger partial charge < -0.3 is 19.5 Å². The summed E-state index contributed by atoms with van der Waals surface area (Å²) in [5, 5.41) is 2.68. The van der Waals surface area contributed by atoms with Gasteiger partial charge in [-0.3, -0.25) is 4.79 Å². The van der Waals surface area contributed by atoms with Crippen molar-refractivity contribution in [2.75, 3.05) is 26.9 Å². The highest BCUT2D eigenvalue weighted by Gasteiger charge is 2.15. The summed E-state index contributed by atoms with van der Waals surface area (Å²) in [4.78, 5) is 23.4. The van der Waals surface area contributed by atoms with Crippen LogP contribution in [0.1, 0.15) is 24.2 Å². The Hall–Kier alpha value is -2.08. The van der Waals surface area contributed by atoms with Gasteiger partial charge in [-0.2, -0.15) is 0 Å². The summed E-state index contributed by atoms with van der Waals surface area (Å²) in [7, 11) is 1.56. The highest BCUT2D eigenvalue weighted by atomic mass is 16.5. The molecule has 0 saturated carbocycles. The second kappa shape index (κ2) is 8.97.